The van der Waals surface area contributed by atoms with E-state index in [2.05, 4.69) is 16.8 Å². The summed E-state index contributed by atoms with van der Waals surface area (Å²) in [5.74, 6) is 0. The standard InChI is InChI=1S/C9H13NOS/c1-10-8(4-5-11)7-9-3-2-6-12-9/h2-3,5-6,8,10H,4,7H2,1H3/t8-/m0/s1. The lowest BCUT2D eigenvalue weighted by molar-refractivity contribution is -0.108. The predicted molar refractivity (Wildman–Crippen MR) is 51.6 cm³/mol. The average molecular weight is 183 g/mol. The normalized spacial score (nSPS) is 12.8. The van der Waals surface area contributed by atoms with Crippen molar-refractivity contribution in [3.8, 4) is 0 Å². The summed E-state index contributed by atoms with van der Waals surface area (Å²) in [5.41, 5.74) is 0. The lowest BCUT2D eigenvalue weighted by atomic mass is 10.1. The number of hydrogen-bond acceptors (Lipinski definition) is 3. The van der Waals surface area contributed by atoms with Crippen LogP contribution in [-0.4, -0.2) is 19.4 Å². The molecule has 1 N–H and O–H groups in total. The van der Waals surface area contributed by atoms with Gasteiger partial charge in [0.15, 0.2) is 0 Å². The number of hydrogen-bond donors (Lipinski definition) is 1. The zero-order valence-electron chi connectivity index (χ0n) is 7.12. The summed E-state index contributed by atoms with van der Waals surface area (Å²) < 4.78 is 0. The summed E-state index contributed by atoms with van der Waals surface area (Å²) in [6.07, 6.45) is 2.51. The largest absolute Gasteiger partial charge is 0.316 e. The molecule has 0 unspecified atom stereocenters. The Morgan fingerprint density at radius 3 is 3.08 bits per heavy atom. The van der Waals surface area contributed by atoms with Crippen molar-refractivity contribution in [2.75, 3.05) is 7.05 Å². The van der Waals surface area contributed by atoms with Gasteiger partial charge >= 0.3 is 0 Å². The van der Waals surface area contributed by atoms with E-state index in [4.69, 9.17) is 0 Å². The second-order valence-electron chi connectivity index (χ2n) is 2.67. The Labute approximate surface area is 76.6 Å². The van der Waals surface area contributed by atoms with Crippen molar-refractivity contribution in [1.29, 1.82) is 0 Å². The molecule has 0 saturated carbocycles. The SMILES string of the molecule is CN[C@@H](CC=O)Cc1cccs1. The van der Waals surface area contributed by atoms with Crippen molar-refractivity contribution in [1.82, 2.24) is 5.32 Å². The molecule has 66 valence electrons. The van der Waals surface area contributed by atoms with E-state index in [1.807, 2.05) is 13.1 Å². The quantitative estimate of drug-likeness (QED) is 0.700. The Hall–Kier alpha value is -0.670. The Kier molecular flexibility index (Phi) is 3.97. The molecule has 0 aliphatic heterocycles. The molecular weight excluding hydrogens is 170 g/mol. The van der Waals surface area contributed by atoms with Crippen LogP contribution in [0.5, 0.6) is 0 Å². The van der Waals surface area contributed by atoms with Gasteiger partial charge < -0.3 is 10.1 Å². The van der Waals surface area contributed by atoms with Crippen molar-refractivity contribution in [2.45, 2.75) is 18.9 Å². The van der Waals surface area contributed by atoms with Gasteiger partial charge in [-0.2, -0.15) is 0 Å². The molecule has 0 radical (unpaired) electrons. The van der Waals surface area contributed by atoms with Gasteiger partial charge in [0.1, 0.15) is 6.29 Å². The van der Waals surface area contributed by atoms with Gasteiger partial charge in [0.05, 0.1) is 0 Å². The summed E-state index contributed by atoms with van der Waals surface area (Å²) in [5, 5.41) is 5.18. The molecule has 0 aromatic carbocycles. The summed E-state index contributed by atoms with van der Waals surface area (Å²) in [6, 6.07) is 4.43. The maximum absolute atomic E-state index is 10.3. The van der Waals surface area contributed by atoms with Crippen molar-refractivity contribution in [3.63, 3.8) is 0 Å². The second kappa shape index (κ2) is 5.06. The van der Waals surface area contributed by atoms with Crippen LogP contribution < -0.4 is 5.32 Å². The highest BCUT2D eigenvalue weighted by Gasteiger charge is 2.06. The Balaban J connectivity index is 2.42. The first-order valence-corrected chi connectivity index (χ1v) is 4.88. The van der Waals surface area contributed by atoms with Crippen molar-refractivity contribution < 1.29 is 4.79 Å². The molecular formula is C9H13NOS. The Bertz CT molecular complexity index is 220. The fraction of sp³-hybridized carbons (Fsp3) is 0.444. The van der Waals surface area contributed by atoms with E-state index in [1.54, 1.807) is 11.3 Å². The van der Waals surface area contributed by atoms with E-state index < -0.39 is 0 Å². The van der Waals surface area contributed by atoms with Crippen LogP contribution in [0.1, 0.15) is 11.3 Å². The summed E-state index contributed by atoms with van der Waals surface area (Å²) in [6.45, 7) is 0. The molecule has 3 heteroatoms. The zero-order valence-corrected chi connectivity index (χ0v) is 7.93. The molecule has 1 heterocycles. The number of rotatable bonds is 5. The van der Waals surface area contributed by atoms with Crippen LogP contribution in [0.3, 0.4) is 0 Å². The lowest BCUT2D eigenvalue weighted by Crippen LogP contribution is -2.27. The number of nitrogens with one attached hydrogen (secondary N) is 1. The van der Waals surface area contributed by atoms with Crippen LogP contribution in [0.15, 0.2) is 17.5 Å². The van der Waals surface area contributed by atoms with Gasteiger partial charge in [0, 0.05) is 17.3 Å². The molecule has 1 aromatic rings. The Morgan fingerprint density at radius 2 is 2.58 bits per heavy atom. The number of carbonyl (C=O) groups is 1. The van der Waals surface area contributed by atoms with Crippen LogP contribution >= 0.6 is 11.3 Å². The fourth-order valence-electron chi connectivity index (χ4n) is 1.09. The van der Waals surface area contributed by atoms with E-state index in [9.17, 15) is 4.79 Å². The first-order chi connectivity index (χ1) is 5.86. The minimum absolute atomic E-state index is 0.293. The third kappa shape index (κ3) is 2.75. The summed E-state index contributed by atoms with van der Waals surface area (Å²) >= 11 is 1.74. The molecule has 0 aliphatic rings. The third-order valence-electron chi connectivity index (χ3n) is 1.82. The number of likely N-dealkylation sites (N-methyl/N-ethyl adjacent to an activating group) is 1. The van der Waals surface area contributed by atoms with Crippen LogP contribution in [-0.2, 0) is 11.2 Å². The Morgan fingerprint density at radius 1 is 1.75 bits per heavy atom. The first kappa shape index (κ1) is 9.42. The van der Waals surface area contributed by atoms with Gasteiger partial charge in [-0.1, -0.05) is 6.07 Å². The number of thiophene rings is 1. The molecule has 0 spiro atoms. The highest BCUT2D eigenvalue weighted by molar-refractivity contribution is 7.09. The molecule has 0 saturated heterocycles. The van der Waals surface area contributed by atoms with Gasteiger partial charge in [0.2, 0.25) is 0 Å². The minimum atomic E-state index is 0.293. The van der Waals surface area contributed by atoms with E-state index in [-0.39, 0.29) is 0 Å². The van der Waals surface area contributed by atoms with E-state index in [1.165, 1.54) is 4.88 Å². The van der Waals surface area contributed by atoms with Crippen LogP contribution in [0.2, 0.25) is 0 Å². The van der Waals surface area contributed by atoms with Gasteiger partial charge in [-0.25, -0.2) is 0 Å². The van der Waals surface area contributed by atoms with E-state index >= 15 is 0 Å². The maximum Gasteiger partial charge on any atom is 0.121 e. The highest BCUT2D eigenvalue weighted by Crippen LogP contribution is 2.11. The molecule has 0 amide bonds. The van der Waals surface area contributed by atoms with E-state index in [0.29, 0.717) is 12.5 Å². The van der Waals surface area contributed by atoms with Crippen LogP contribution in [0.25, 0.3) is 0 Å². The molecule has 1 atom stereocenters. The second-order valence-corrected chi connectivity index (χ2v) is 3.70. The monoisotopic (exact) mass is 183 g/mol. The maximum atomic E-state index is 10.3. The molecule has 1 aromatic heterocycles. The highest BCUT2D eigenvalue weighted by atomic mass is 32.1. The topological polar surface area (TPSA) is 29.1 Å². The minimum Gasteiger partial charge on any atom is -0.316 e. The van der Waals surface area contributed by atoms with Crippen molar-refractivity contribution >= 4 is 17.6 Å². The molecule has 12 heavy (non-hydrogen) atoms. The van der Waals surface area contributed by atoms with Gasteiger partial charge in [-0.05, 0) is 24.9 Å². The van der Waals surface area contributed by atoms with Gasteiger partial charge in [-0.15, -0.1) is 11.3 Å². The average Bonchev–Trinajstić information content (AvgIpc) is 2.56. The first-order valence-electron chi connectivity index (χ1n) is 4.00. The van der Waals surface area contributed by atoms with Gasteiger partial charge in [-0.3, -0.25) is 0 Å². The molecule has 0 bridgehead atoms. The van der Waals surface area contributed by atoms with Crippen LogP contribution in [0.4, 0.5) is 0 Å². The summed E-state index contributed by atoms with van der Waals surface area (Å²) in [7, 11) is 1.89. The van der Waals surface area contributed by atoms with Crippen LogP contribution in [0, 0.1) is 0 Å². The summed E-state index contributed by atoms with van der Waals surface area (Å²) in [4.78, 5) is 11.6. The van der Waals surface area contributed by atoms with Gasteiger partial charge in [0.25, 0.3) is 0 Å². The fourth-order valence-corrected chi connectivity index (χ4v) is 1.88. The van der Waals surface area contributed by atoms with E-state index in [0.717, 1.165) is 12.7 Å². The number of carbonyl (C=O) groups excluding carboxylic acids is 1. The predicted octanol–water partition coefficient (Wildman–Crippen LogP) is 1.47. The molecule has 0 aliphatic carbocycles. The third-order valence-corrected chi connectivity index (χ3v) is 2.72. The van der Waals surface area contributed by atoms with Crippen molar-refractivity contribution in [3.05, 3.63) is 22.4 Å². The zero-order chi connectivity index (χ0) is 8.81. The molecule has 2 nitrogen and oxygen atoms in total. The number of aldehydes is 1. The molecule has 0 fully saturated rings. The lowest BCUT2D eigenvalue weighted by Gasteiger charge is -2.10. The molecule has 1 rings (SSSR count). The van der Waals surface area contributed by atoms with Crippen molar-refractivity contribution in [2.24, 2.45) is 0 Å². The smallest absolute Gasteiger partial charge is 0.121 e.